The molecule has 0 aromatic rings. The van der Waals surface area contributed by atoms with Crippen LogP contribution in [-0.4, -0.2) is 57.0 Å². The molecule has 0 aromatic carbocycles. The lowest BCUT2D eigenvalue weighted by atomic mass is 10.1. The van der Waals surface area contributed by atoms with Gasteiger partial charge in [0.05, 0.1) is 11.5 Å². The van der Waals surface area contributed by atoms with Crippen LogP contribution in [0.5, 0.6) is 0 Å². The van der Waals surface area contributed by atoms with Crippen LogP contribution in [0.3, 0.4) is 0 Å². The topological polar surface area (TPSA) is 49.4 Å². The lowest BCUT2D eigenvalue weighted by molar-refractivity contribution is 0.190. The summed E-state index contributed by atoms with van der Waals surface area (Å²) in [7, 11) is -0.713. The summed E-state index contributed by atoms with van der Waals surface area (Å²) in [6.45, 7) is 6.26. The Hall–Kier alpha value is -0.130. The van der Waals surface area contributed by atoms with Gasteiger partial charge in [0.25, 0.3) is 0 Å². The van der Waals surface area contributed by atoms with Crippen molar-refractivity contribution in [2.24, 2.45) is 0 Å². The standard InChI is InChI=1S/C11H24N2O2S/c1-4-12-7-5-10(2)13(3)11-6-8-16(14,15)9-11/h10-12H,4-9H2,1-3H3. The van der Waals surface area contributed by atoms with Gasteiger partial charge in [-0.2, -0.15) is 0 Å². The van der Waals surface area contributed by atoms with Crippen molar-refractivity contribution < 1.29 is 8.42 Å². The van der Waals surface area contributed by atoms with E-state index >= 15 is 0 Å². The highest BCUT2D eigenvalue weighted by atomic mass is 32.2. The monoisotopic (exact) mass is 248 g/mol. The minimum atomic E-state index is -2.76. The molecule has 1 rings (SSSR count). The average molecular weight is 248 g/mol. The molecule has 0 spiro atoms. The van der Waals surface area contributed by atoms with Gasteiger partial charge in [-0.15, -0.1) is 0 Å². The van der Waals surface area contributed by atoms with Crippen LogP contribution in [0.1, 0.15) is 26.7 Å². The van der Waals surface area contributed by atoms with E-state index in [-0.39, 0.29) is 6.04 Å². The zero-order valence-corrected chi connectivity index (χ0v) is 11.4. The molecule has 1 N–H and O–H groups in total. The number of hydrogen-bond donors (Lipinski definition) is 1. The molecule has 1 fully saturated rings. The molecule has 16 heavy (non-hydrogen) atoms. The maximum atomic E-state index is 11.4. The molecule has 0 radical (unpaired) electrons. The smallest absolute Gasteiger partial charge is 0.151 e. The van der Waals surface area contributed by atoms with Gasteiger partial charge in [0.2, 0.25) is 0 Å². The van der Waals surface area contributed by atoms with Crippen molar-refractivity contribution in [1.29, 1.82) is 0 Å². The van der Waals surface area contributed by atoms with Crippen molar-refractivity contribution in [2.45, 2.75) is 38.8 Å². The zero-order chi connectivity index (χ0) is 12.2. The minimum absolute atomic E-state index is 0.224. The molecule has 0 aromatic heterocycles. The Kier molecular flexibility index (Phi) is 5.21. The van der Waals surface area contributed by atoms with Crippen LogP contribution in [0, 0.1) is 0 Å². The van der Waals surface area contributed by atoms with E-state index in [4.69, 9.17) is 0 Å². The van der Waals surface area contributed by atoms with Crippen molar-refractivity contribution in [2.75, 3.05) is 31.6 Å². The van der Waals surface area contributed by atoms with Gasteiger partial charge < -0.3 is 5.32 Å². The fraction of sp³-hybridized carbons (Fsp3) is 1.00. The number of hydrogen-bond acceptors (Lipinski definition) is 4. The lowest BCUT2D eigenvalue weighted by Crippen LogP contribution is -2.40. The first-order chi connectivity index (χ1) is 7.46. The third-order valence-corrected chi connectivity index (χ3v) is 5.22. The van der Waals surface area contributed by atoms with Gasteiger partial charge >= 0.3 is 0 Å². The van der Waals surface area contributed by atoms with Gasteiger partial charge in [-0.25, -0.2) is 8.42 Å². The van der Waals surface area contributed by atoms with Gasteiger partial charge in [0, 0.05) is 12.1 Å². The average Bonchev–Trinajstić information content (AvgIpc) is 2.58. The highest BCUT2D eigenvalue weighted by Gasteiger charge is 2.32. The van der Waals surface area contributed by atoms with Crippen molar-refractivity contribution in [3.63, 3.8) is 0 Å². The molecule has 96 valence electrons. The maximum Gasteiger partial charge on any atom is 0.151 e. The van der Waals surface area contributed by atoms with E-state index in [1.54, 1.807) is 0 Å². The summed E-state index contributed by atoms with van der Waals surface area (Å²) in [5.41, 5.74) is 0. The predicted molar refractivity (Wildman–Crippen MR) is 67.4 cm³/mol. The second kappa shape index (κ2) is 5.98. The number of nitrogens with zero attached hydrogens (tertiary/aromatic N) is 1. The molecule has 0 saturated carbocycles. The SMILES string of the molecule is CCNCCC(C)N(C)C1CCS(=O)(=O)C1. The molecule has 5 heteroatoms. The first kappa shape index (κ1) is 13.9. The molecule has 0 amide bonds. The summed E-state index contributed by atoms with van der Waals surface area (Å²) >= 11 is 0. The third-order valence-electron chi connectivity index (χ3n) is 3.47. The normalized spacial score (nSPS) is 26.1. The Bertz CT molecular complexity index is 303. The fourth-order valence-electron chi connectivity index (χ4n) is 2.15. The number of rotatable bonds is 6. The summed E-state index contributed by atoms with van der Waals surface area (Å²) in [4.78, 5) is 2.22. The number of nitrogens with one attached hydrogen (secondary N) is 1. The highest BCUT2D eigenvalue weighted by Crippen LogP contribution is 2.19. The second-order valence-electron chi connectivity index (χ2n) is 4.71. The maximum absolute atomic E-state index is 11.4. The lowest BCUT2D eigenvalue weighted by Gasteiger charge is -2.29. The van der Waals surface area contributed by atoms with E-state index < -0.39 is 9.84 Å². The first-order valence-electron chi connectivity index (χ1n) is 6.09. The van der Waals surface area contributed by atoms with Crippen molar-refractivity contribution in [1.82, 2.24) is 10.2 Å². The van der Waals surface area contributed by atoms with Crippen molar-refractivity contribution >= 4 is 9.84 Å². The van der Waals surface area contributed by atoms with Crippen LogP contribution >= 0.6 is 0 Å². The van der Waals surface area contributed by atoms with Crippen molar-refractivity contribution in [3.05, 3.63) is 0 Å². The number of sulfone groups is 1. The molecule has 2 unspecified atom stereocenters. The molecule has 1 aliphatic heterocycles. The molecule has 0 bridgehead atoms. The summed E-state index contributed by atoms with van der Waals surface area (Å²) in [5, 5.41) is 3.30. The van der Waals surface area contributed by atoms with Crippen LogP contribution in [0.4, 0.5) is 0 Å². The fourth-order valence-corrected chi connectivity index (χ4v) is 3.93. The summed E-state index contributed by atoms with van der Waals surface area (Å²) < 4.78 is 22.8. The molecule has 0 aliphatic carbocycles. The molecular weight excluding hydrogens is 224 g/mol. The Morgan fingerprint density at radius 1 is 1.50 bits per heavy atom. The largest absolute Gasteiger partial charge is 0.317 e. The molecule has 1 heterocycles. The molecular formula is C11H24N2O2S. The van der Waals surface area contributed by atoms with Gasteiger partial charge in [-0.05, 0) is 39.9 Å². The van der Waals surface area contributed by atoms with Gasteiger partial charge in [0.1, 0.15) is 0 Å². The van der Waals surface area contributed by atoms with Crippen LogP contribution in [0.15, 0.2) is 0 Å². The Balaban J connectivity index is 2.36. The van der Waals surface area contributed by atoms with E-state index in [0.29, 0.717) is 17.5 Å². The van der Waals surface area contributed by atoms with Crippen molar-refractivity contribution in [3.8, 4) is 0 Å². The van der Waals surface area contributed by atoms with Crippen LogP contribution in [0.25, 0.3) is 0 Å². The van der Waals surface area contributed by atoms with Gasteiger partial charge in [0.15, 0.2) is 9.84 Å². The molecule has 1 saturated heterocycles. The molecule has 1 aliphatic rings. The van der Waals surface area contributed by atoms with E-state index in [1.807, 2.05) is 7.05 Å². The van der Waals surface area contributed by atoms with Crippen LogP contribution in [0.2, 0.25) is 0 Å². The molecule has 2 atom stereocenters. The van der Waals surface area contributed by atoms with Crippen LogP contribution < -0.4 is 5.32 Å². The van der Waals surface area contributed by atoms with E-state index in [1.165, 1.54) is 0 Å². The minimum Gasteiger partial charge on any atom is -0.317 e. The van der Waals surface area contributed by atoms with E-state index in [2.05, 4.69) is 24.1 Å². The first-order valence-corrected chi connectivity index (χ1v) is 7.91. The highest BCUT2D eigenvalue weighted by molar-refractivity contribution is 7.91. The quantitative estimate of drug-likeness (QED) is 0.695. The second-order valence-corrected chi connectivity index (χ2v) is 6.94. The van der Waals surface area contributed by atoms with E-state index in [0.717, 1.165) is 25.9 Å². The third kappa shape index (κ3) is 4.03. The summed E-state index contributed by atoms with van der Waals surface area (Å²) in [6.07, 6.45) is 1.87. The summed E-state index contributed by atoms with van der Waals surface area (Å²) in [5.74, 6) is 0.705. The molecule has 4 nitrogen and oxygen atoms in total. The predicted octanol–water partition coefficient (Wildman–Crippen LogP) is 0.493. The summed E-state index contributed by atoms with van der Waals surface area (Å²) in [6, 6.07) is 0.666. The van der Waals surface area contributed by atoms with E-state index in [9.17, 15) is 8.42 Å². The van der Waals surface area contributed by atoms with Crippen LogP contribution in [-0.2, 0) is 9.84 Å². The zero-order valence-electron chi connectivity index (χ0n) is 10.6. The van der Waals surface area contributed by atoms with Gasteiger partial charge in [-0.1, -0.05) is 6.92 Å². The Morgan fingerprint density at radius 3 is 2.69 bits per heavy atom. The van der Waals surface area contributed by atoms with Gasteiger partial charge in [-0.3, -0.25) is 4.90 Å². The Morgan fingerprint density at radius 2 is 2.19 bits per heavy atom. The Labute approximate surface area is 99.3 Å².